The number of rotatable bonds is 4. The molecule has 4 heteroatoms. The maximum atomic E-state index is 10.3. The van der Waals surface area contributed by atoms with Gasteiger partial charge in [0.2, 0.25) is 5.91 Å². The third kappa shape index (κ3) is 5.08. The summed E-state index contributed by atoms with van der Waals surface area (Å²) in [7, 11) is 0. The molecule has 0 bridgehead atoms. The number of carbonyl (C=O) groups excluding carboxylic acids is 2. The topological polar surface area (TPSA) is 55.4 Å². The van der Waals surface area contributed by atoms with Crippen molar-refractivity contribution < 1.29 is 14.3 Å². The van der Waals surface area contributed by atoms with Crippen molar-refractivity contribution in [1.29, 1.82) is 0 Å². The van der Waals surface area contributed by atoms with E-state index in [-0.39, 0.29) is 12.0 Å². The van der Waals surface area contributed by atoms with E-state index in [2.05, 4.69) is 10.1 Å². The molecule has 10 heavy (non-hydrogen) atoms. The minimum Gasteiger partial charge on any atom is -0.463 e. The van der Waals surface area contributed by atoms with Gasteiger partial charge in [-0.05, 0) is 6.92 Å². The van der Waals surface area contributed by atoms with E-state index in [1.807, 2.05) is 0 Å². The second-order valence-corrected chi connectivity index (χ2v) is 1.98. The van der Waals surface area contributed by atoms with Crippen LogP contribution in [-0.4, -0.2) is 25.0 Å². The van der Waals surface area contributed by atoms with Crippen LogP contribution in [0.3, 0.4) is 0 Å². The van der Waals surface area contributed by atoms with Crippen LogP contribution in [-0.2, 0) is 14.3 Å². The lowest BCUT2D eigenvalue weighted by atomic mass is 10.4. The highest BCUT2D eigenvalue weighted by Gasteiger charge is 2.00. The van der Waals surface area contributed by atoms with Crippen molar-refractivity contribution in [3.8, 4) is 0 Å². The molecule has 0 aliphatic heterocycles. The molecule has 0 saturated heterocycles. The standard InChI is InChI=1S/C6H11NO3/c1-5(10-4-8)3-7-6(2)9/h4-5H,3H2,1-2H3,(H,7,9). The molecule has 1 N–H and O–H groups in total. The molecular weight excluding hydrogens is 134 g/mol. The van der Waals surface area contributed by atoms with Gasteiger partial charge in [0.15, 0.2) is 0 Å². The van der Waals surface area contributed by atoms with E-state index in [9.17, 15) is 9.59 Å². The number of carbonyl (C=O) groups is 2. The average Bonchev–Trinajstić information content (AvgIpc) is 1.85. The van der Waals surface area contributed by atoms with Gasteiger partial charge in [0.25, 0.3) is 6.47 Å². The molecule has 0 rings (SSSR count). The maximum Gasteiger partial charge on any atom is 0.293 e. The Morgan fingerprint density at radius 1 is 1.80 bits per heavy atom. The number of nitrogens with one attached hydrogen (secondary N) is 1. The highest BCUT2D eigenvalue weighted by molar-refractivity contribution is 5.72. The molecule has 0 radical (unpaired) electrons. The van der Waals surface area contributed by atoms with Crippen molar-refractivity contribution in [3.63, 3.8) is 0 Å². The van der Waals surface area contributed by atoms with Crippen molar-refractivity contribution in [2.75, 3.05) is 6.54 Å². The Balaban J connectivity index is 3.29. The summed E-state index contributed by atoms with van der Waals surface area (Å²) in [6.45, 7) is 3.85. The van der Waals surface area contributed by atoms with Crippen molar-refractivity contribution in [2.24, 2.45) is 0 Å². The fourth-order valence-corrected chi connectivity index (χ4v) is 0.430. The molecule has 0 saturated carbocycles. The molecule has 0 spiro atoms. The minimum absolute atomic E-state index is 0.124. The van der Waals surface area contributed by atoms with Crippen LogP contribution in [0.2, 0.25) is 0 Å². The predicted molar refractivity (Wildman–Crippen MR) is 35.3 cm³/mol. The largest absolute Gasteiger partial charge is 0.463 e. The number of hydrogen-bond acceptors (Lipinski definition) is 3. The smallest absolute Gasteiger partial charge is 0.293 e. The van der Waals surface area contributed by atoms with E-state index in [0.717, 1.165) is 0 Å². The van der Waals surface area contributed by atoms with Crippen LogP contribution in [0.25, 0.3) is 0 Å². The Kier molecular flexibility index (Phi) is 4.28. The molecule has 1 amide bonds. The van der Waals surface area contributed by atoms with Gasteiger partial charge in [0.1, 0.15) is 6.10 Å². The van der Waals surface area contributed by atoms with Gasteiger partial charge < -0.3 is 10.1 Å². The van der Waals surface area contributed by atoms with Crippen LogP contribution in [0.4, 0.5) is 0 Å². The highest BCUT2D eigenvalue weighted by Crippen LogP contribution is 1.83. The van der Waals surface area contributed by atoms with Crippen molar-refractivity contribution in [2.45, 2.75) is 20.0 Å². The second-order valence-electron chi connectivity index (χ2n) is 1.98. The van der Waals surface area contributed by atoms with Crippen LogP contribution in [0, 0.1) is 0 Å². The molecule has 58 valence electrons. The lowest BCUT2D eigenvalue weighted by Gasteiger charge is -2.08. The zero-order valence-corrected chi connectivity index (χ0v) is 6.09. The number of amides is 1. The molecule has 0 fully saturated rings. The molecule has 1 unspecified atom stereocenters. The summed E-state index contributed by atoms with van der Waals surface area (Å²) < 4.78 is 4.50. The molecule has 0 aliphatic rings. The highest BCUT2D eigenvalue weighted by atomic mass is 16.5. The van der Waals surface area contributed by atoms with E-state index in [0.29, 0.717) is 13.0 Å². The van der Waals surface area contributed by atoms with Crippen LogP contribution in [0.5, 0.6) is 0 Å². The second kappa shape index (κ2) is 4.78. The normalized spacial score (nSPS) is 11.8. The zero-order valence-electron chi connectivity index (χ0n) is 6.09. The first-order chi connectivity index (χ1) is 4.66. The fraction of sp³-hybridized carbons (Fsp3) is 0.667. The third-order valence-electron chi connectivity index (χ3n) is 0.926. The molecule has 0 aromatic rings. The molecule has 0 aliphatic carbocycles. The maximum absolute atomic E-state index is 10.3. The Hall–Kier alpha value is -1.06. The first-order valence-corrected chi connectivity index (χ1v) is 3.00. The molecule has 0 aromatic heterocycles. The number of hydrogen-bond donors (Lipinski definition) is 1. The summed E-state index contributed by atoms with van der Waals surface area (Å²) in [6.07, 6.45) is -0.249. The zero-order chi connectivity index (χ0) is 7.98. The Bertz CT molecular complexity index is 124. The fourth-order valence-electron chi connectivity index (χ4n) is 0.430. The SMILES string of the molecule is CC(=O)NCC(C)OC=O. The minimum atomic E-state index is -0.249. The monoisotopic (exact) mass is 145 g/mol. The van der Waals surface area contributed by atoms with Crippen LogP contribution in [0.15, 0.2) is 0 Å². The van der Waals surface area contributed by atoms with Crippen molar-refractivity contribution in [1.82, 2.24) is 5.32 Å². The van der Waals surface area contributed by atoms with Crippen LogP contribution >= 0.6 is 0 Å². The van der Waals surface area contributed by atoms with Gasteiger partial charge >= 0.3 is 0 Å². The Labute approximate surface area is 59.6 Å². The Morgan fingerprint density at radius 2 is 2.40 bits per heavy atom. The summed E-state index contributed by atoms with van der Waals surface area (Å²) in [5, 5.41) is 2.51. The van der Waals surface area contributed by atoms with Crippen molar-refractivity contribution >= 4 is 12.4 Å². The lowest BCUT2D eigenvalue weighted by molar-refractivity contribution is -0.133. The summed E-state index contributed by atoms with van der Waals surface area (Å²) in [6, 6.07) is 0. The molecule has 0 aromatic carbocycles. The van der Waals surface area contributed by atoms with Gasteiger partial charge in [0, 0.05) is 6.92 Å². The van der Waals surface area contributed by atoms with Gasteiger partial charge in [0.05, 0.1) is 6.54 Å². The summed E-state index contributed by atoms with van der Waals surface area (Å²) in [4.78, 5) is 20.0. The summed E-state index contributed by atoms with van der Waals surface area (Å²) in [5.74, 6) is -0.124. The summed E-state index contributed by atoms with van der Waals surface area (Å²) in [5.41, 5.74) is 0. The third-order valence-corrected chi connectivity index (χ3v) is 0.926. The van der Waals surface area contributed by atoms with Crippen LogP contribution in [0.1, 0.15) is 13.8 Å². The summed E-state index contributed by atoms with van der Waals surface area (Å²) >= 11 is 0. The first kappa shape index (κ1) is 8.94. The molecule has 0 heterocycles. The van der Waals surface area contributed by atoms with E-state index in [1.54, 1.807) is 6.92 Å². The van der Waals surface area contributed by atoms with E-state index < -0.39 is 0 Å². The number of ether oxygens (including phenoxy) is 1. The van der Waals surface area contributed by atoms with Crippen LogP contribution < -0.4 is 5.32 Å². The average molecular weight is 145 g/mol. The molecular formula is C6H11NO3. The van der Waals surface area contributed by atoms with Gasteiger partial charge in [-0.2, -0.15) is 0 Å². The van der Waals surface area contributed by atoms with Gasteiger partial charge in [-0.25, -0.2) is 0 Å². The van der Waals surface area contributed by atoms with Crippen molar-refractivity contribution in [3.05, 3.63) is 0 Å². The predicted octanol–water partition coefficient (Wildman–Crippen LogP) is -0.316. The van der Waals surface area contributed by atoms with E-state index in [4.69, 9.17) is 0 Å². The molecule has 4 nitrogen and oxygen atoms in total. The van der Waals surface area contributed by atoms with E-state index >= 15 is 0 Å². The van der Waals surface area contributed by atoms with Gasteiger partial charge in [-0.15, -0.1) is 0 Å². The quantitative estimate of drug-likeness (QED) is 0.552. The van der Waals surface area contributed by atoms with E-state index in [1.165, 1.54) is 6.92 Å². The molecule has 1 atom stereocenters. The Morgan fingerprint density at radius 3 is 2.80 bits per heavy atom. The van der Waals surface area contributed by atoms with Gasteiger partial charge in [-0.1, -0.05) is 0 Å². The van der Waals surface area contributed by atoms with Gasteiger partial charge in [-0.3, -0.25) is 9.59 Å². The first-order valence-electron chi connectivity index (χ1n) is 3.00. The lowest BCUT2D eigenvalue weighted by Crippen LogP contribution is -2.29.